The van der Waals surface area contributed by atoms with Crippen molar-refractivity contribution in [2.75, 3.05) is 6.61 Å². The summed E-state index contributed by atoms with van der Waals surface area (Å²) in [5, 5.41) is 47.5. The molecular formula is C15H20O8. The van der Waals surface area contributed by atoms with Crippen LogP contribution in [0, 0.1) is 0 Å². The molecule has 1 fully saturated rings. The van der Waals surface area contributed by atoms with Gasteiger partial charge in [-0.2, -0.15) is 0 Å². The van der Waals surface area contributed by atoms with Crippen LogP contribution >= 0.6 is 0 Å². The molecule has 0 aromatic heterocycles. The number of hydrogen-bond acceptors (Lipinski definition) is 8. The summed E-state index contributed by atoms with van der Waals surface area (Å²) in [5.41, 5.74) is 0.581. The second kappa shape index (κ2) is 7.24. The van der Waals surface area contributed by atoms with Crippen molar-refractivity contribution in [2.24, 2.45) is 0 Å². The number of aromatic hydroxyl groups is 1. The molecule has 1 saturated heterocycles. The third kappa shape index (κ3) is 3.80. The SMILES string of the molecule is C[C@H](C(=O)O[C@H]1O[C@@H](CO)[C@H](O)[C@@H](O)[C@@H]1O)c1ccc(O)cc1. The van der Waals surface area contributed by atoms with Gasteiger partial charge in [-0.15, -0.1) is 0 Å². The summed E-state index contributed by atoms with van der Waals surface area (Å²) in [6.45, 7) is 0.964. The van der Waals surface area contributed by atoms with Gasteiger partial charge in [-0.1, -0.05) is 12.1 Å². The molecule has 1 aliphatic rings. The first-order chi connectivity index (χ1) is 10.8. The number of esters is 1. The smallest absolute Gasteiger partial charge is 0.315 e. The van der Waals surface area contributed by atoms with Gasteiger partial charge < -0.3 is 35.0 Å². The largest absolute Gasteiger partial charge is 0.508 e. The normalized spacial score (nSPS) is 32.3. The quantitative estimate of drug-likeness (QED) is 0.437. The summed E-state index contributed by atoms with van der Waals surface area (Å²) in [4.78, 5) is 12.1. The Balaban J connectivity index is 2.05. The van der Waals surface area contributed by atoms with Crippen molar-refractivity contribution in [1.82, 2.24) is 0 Å². The molecule has 0 aliphatic carbocycles. The third-order valence-electron chi connectivity index (χ3n) is 3.83. The molecular weight excluding hydrogens is 308 g/mol. The number of carbonyl (C=O) groups excluding carboxylic acids is 1. The van der Waals surface area contributed by atoms with E-state index in [4.69, 9.17) is 14.6 Å². The molecule has 1 aliphatic heterocycles. The van der Waals surface area contributed by atoms with Gasteiger partial charge in [0.15, 0.2) is 0 Å². The zero-order chi connectivity index (χ0) is 17.1. The van der Waals surface area contributed by atoms with Gasteiger partial charge in [0.1, 0.15) is 30.2 Å². The van der Waals surface area contributed by atoms with Crippen molar-refractivity contribution in [3.05, 3.63) is 29.8 Å². The minimum atomic E-state index is -1.64. The Bertz CT molecular complexity index is 529. The molecule has 0 bridgehead atoms. The van der Waals surface area contributed by atoms with Crippen LogP contribution < -0.4 is 0 Å². The van der Waals surface area contributed by atoms with Gasteiger partial charge in [0.2, 0.25) is 6.29 Å². The molecule has 2 rings (SSSR count). The van der Waals surface area contributed by atoms with Crippen molar-refractivity contribution in [1.29, 1.82) is 0 Å². The number of aliphatic hydroxyl groups is 4. The fourth-order valence-electron chi connectivity index (χ4n) is 2.28. The van der Waals surface area contributed by atoms with Crippen molar-refractivity contribution < 1.29 is 39.8 Å². The highest BCUT2D eigenvalue weighted by molar-refractivity contribution is 5.77. The molecule has 1 heterocycles. The highest BCUT2D eigenvalue weighted by Gasteiger charge is 2.45. The van der Waals surface area contributed by atoms with E-state index in [0.717, 1.165) is 0 Å². The van der Waals surface area contributed by atoms with E-state index in [1.165, 1.54) is 12.1 Å². The molecule has 23 heavy (non-hydrogen) atoms. The Kier molecular flexibility index (Phi) is 5.55. The summed E-state index contributed by atoms with van der Waals surface area (Å²) in [5.74, 6) is -1.37. The first-order valence-corrected chi connectivity index (χ1v) is 7.15. The lowest BCUT2D eigenvalue weighted by Crippen LogP contribution is -2.59. The van der Waals surface area contributed by atoms with Crippen LogP contribution in [0.1, 0.15) is 18.4 Å². The molecule has 1 aromatic rings. The van der Waals surface area contributed by atoms with Crippen LogP contribution in [-0.2, 0) is 14.3 Å². The van der Waals surface area contributed by atoms with Gasteiger partial charge in [-0.3, -0.25) is 4.79 Å². The lowest BCUT2D eigenvalue weighted by Gasteiger charge is -2.39. The highest BCUT2D eigenvalue weighted by atomic mass is 16.7. The number of ether oxygens (including phenoxy) is 2. The lowest BCUT2D eigenvalue weighted by atomic mass is 9.99. The van der Waals surface area contributed by atoms with E-state index in [-0.39, 0.29) is 5.75 Å². The number of hydrogen-bond donors (Lipinski definition) is 5. The van der Waals surface area contributed by atoms with Crippen molar-refractivity contribution in [3.63, 3.8) is 0 Å². The average molecular weight is 328 g/mol. The van der Waals surface area contributed by atoms with E-state index in [0.29, 0.717) is 5.56 Å². The maximum Gasteiger partial charge on any atom is 0.315 e. The van der Waals surface area contributed by atoms with Gasteiger partial charge in [-0.25, -0.2) is 0 Å². The fraction of sp³-hybridized carbons (Fsp3) is 0.533. The zero-order valence-electron chi connectivity index (χ0n) is 12.4. The minimum Gasteiger partial charge on any atom is -0.508 e. The van der Waals surface area contributed by atoms with E-state index < -0.39 is 49.2 Å². The van der Waals surface area contributed by atoms with Crippen LogP contribution in [-0.4, -0.2) is 68.8 Å². The summed E-state index contributed by atoms with van der Waals surface area (Å²) in [6.07, 6.45) is -7.40. The lowest BCUT2D eigenvalue weighted by molar-refractivity contribution is -0.293. The van der Waals surface area contributed by atoms with Crippen molar-refractivity contribution in [2.45, 2.75) is 43.5 Å². The Labute approximate surface area is 132 Å². The minimum absolute atomic E-state index is 0.0586. The molecule has 0 unspecified atom stereocenters. The Morgan fingerprint density at radius 3 is 2.35 bits per heavy atom. The number of rotatable bonds is 4. The van der Waals surface area contributed by atoms with Crippen molar-refractivity contribution in [3.8, 4) is 5.75 Å². The third-order valence-corrected chi connectivity index (χ3v) is 3.83. The molecule has 5 N–H and O–H groups in total. The van der Waals surface area contributed by atoms with Gasteiger partial charge in [0.25, 0.3) is 0 Å². The van der Waals surface area contributed by atoms with Crippen LogP contribution in [0.3, 0.4) is 0 Å². The van der Waals surface area contributed by atoms with E-state index in [9.17, 15) is 25.2 Å². The molecule has 8 nitrogen and oxygen atoms in total. The van der Waals surface area contributed by atoms with Crippen LogP contribution in [0.5, 0.6) is 5.75 Å². The second-order valence-corrected chi connectivity index (χ2v) is 5.45. The number of carbonyl (C=O) groups is 1. The molecule has 0 amide bonds. The van der Waals surface area contributed by atoms with E-state index >= 15 is 0 Å². The number of aliphatic hydroxyl groups excluding tert-OH is 4. The standard InChI is InChI=1S/C15H20O8/c1-7(8-2-4-9(17)5-3-8)14(21)23-15-13(20)12(19)11(18)10(6-16)22-15/h2-5,7,10-13,15-20H,6H2,1H3/t7-,10-,11-,12+,13-,15+/m0/s1. The second-order valence-electron chi connectivity index (χ2n) is 5.45. The van der Waals surface area contributed by atoms with Crippen LogP contribution in [0.2, 0.25) is 0 Å². The molecule has 8 heteroatoms. The maximum absolute atomic E-state index is 12.1. The predicted octanol–water partition coefficient (Wildman–Crippen LogP) is -1.16. The van der Waals surface area contributed by atoms with Crippen LogP contribution in [0.25, 0.3) is 0 Å². The molecule has 6 atom stereocenters. The summed E-state index contributed by atoms with van der Waals surface area (Å²) >= 11 is 0. The number of phenols is 1. The van der Waals surface area contributed by atoms with Gasteiger partial charge in [-0.05, 0) is 24.6 Å². The number of phenolic OH excluding ortho intramolecular Hbond substituents is 1. The first-order valence-electron chi connectivity index (χ1n) is 7.15. The fourth-order valence-corrected chi connectivity index (χ4v) is 2.28. The first kappa shape index (κ1) is 17.6. The van der Waals surface area contributed by atoms with E-state index in [1.807, 2.05) is 0 Å². The monoisotopic (exact) mass is 328 g/mol. The average Bonchev–Trinajstić information content (AvgIpc) is 2.55. The highest BCUT2D eigenvalue weighted by Crippen LogP contribution is 2.25. The summed E-state index contributed by atoms with van der Waals surface area (Å²) in [7, 11) is 0. The van der Waals surface area contributed by atoms with Gasteiger partial charge in [0.05, 0.1) is 12.5 Å². The summed E-state index contributed by atoms with van der Waals surface area (Å²) < 4.78 is 10.2. The van der Waals surface area contributed by atoms with E-state index in [1.54, 1.807) is 19.1 Å². The molecule has 0 saturated carbocycles. The maximum atomic E-state index is 12.1. The Hall–Kier alpha value is -1.71. The predicted molar refractivity (Wildman–Crippen MR) is 76.4 cm³/mol. The Morgan fingerprint density at radius 2 is 1.78 bits per heavy atom. The zero-order valence-corrected chi connectivity index (χ0v) is 12.4. The number of benzene rings is 1. The molecule has 128 valence electrons. The topological polar surface area (TPSA) is 137 Å². The van der Waals surface area contributed by atoms with Gasteiger partial charge >= 0.3 is 5.97 Å². The molecule has 0 radical (unpaired) electrons. The van der Waals surface area contributed by atoms with Crippen LogP contribution in [0.4, 0.5) is 0 Å². The molecule has 1 aromatic carbocycles. The van der Waals surface area contributed by atoms with Gasteiger partial charge in [0, 0.05) is 0 Å². The summed E-state index contributed by atoms with van der Waals surface area (Å²) in [6, 6.07) is 5.95. The Morgan fingerprint density at radius 1 is 1.17 bits per heavy atom. The van der Waals surface area contributed by atoms with Crippen molar-refractivity contribution >= 4 is 5.97 Å². The molecule has 0 spiro atoms. The van der Waals surface area contributed by atoms with E-state index in [2.05, 4.69) is 0 Å². The van der Waals surface area contributed by atoms with Crippen LogP contribution in [0.15, 0.2) is 24.3 Å².